The molecule has 0 aliphatic carbocycles. The Morgan fingerprint density at radius 2 is 2.21 bits per heavy atom. The smallest absolute Gasteiger partial charge is 0.281 e. The van der Waals surface area contributed by atoms with E-state index in [-0.39, 0.29) is 16.5 Å². The number of non-ortho nitro benzene ring substituents is 1. The highest BCUT2D eigenvalue weighted by atomic mass is 19.1. The minimum Gasteiger partial charge on any atom is -0.369 e. The quantitative estimate of drug-likeness (QED) is 0.489. The van der Waals surface area contributed by atoms with E-state index < -0.39 is 10.7 Å². The molecule has 0 radical (unpaired) electrons. The third-order valence-corrected chi connectivity index (χ3v) is 2.72. The topological polar surface area (TPSA) is 94.1 Å². The molecule has 2 aromatic rings. The van der Waals surface area contributed by atoms with E-state index in [1.165, 1.54) is 12.3 Å². The number of nitro groups is 1. The Balaban J connectivity index is 2.57. The van der Waals surface area contributed by atoms with Crippen LogP contribution in [0.3, 0.4) is 0 Å². The van der Waals surface area contributed by atoms with Crippen LogP contribution in [0.15, 0.2) is 24.4 Å². The molecule has 0 aliphatic heterocycles. The summed E-state index contributed by atoms with van der Waals surface area (Å²) < 4.78 is 13.7. The van der Waals surface area contributed by atoms with Gasteiger partial charge in [0.25, 0.3) is 5.69 Å². The van der Waals surface area contributed by atoms with E-state index in [1.807, 2.05) is 0 Å². The number of hydrogen-bond donors (Lipinski definition) is 2. The van der Waals surface area contributed by atoms with Crippen molar-refractivity contribution in [1.82, 2.24) is 4.98 Å². The van der Waals surface area contributed by atoms with Crippen LogP contribution in [-0.4, -0.2) is 23.0 Å². The summed E-state index contributed by atoms with van der Waals surface area (Å²) in [6, 6.07) is 3.66. The second-order valence-corrected chi connectivity index (χ2v) is 3.97. The van der Waals surface area contributed by atoms with Crippen molar-refractivity contribution in [2.45, 2.75) is 6.42 Å². The number of hydrogen-bond acceptors (Lipinski definition) is 5. The van der Waals surface area contributed by atoms with Crippen molar-refractivity contribution in [3.8, 4) is 0 Å². The van der Waals surface area contributed by atoms with Gasteiger partial charge in [-0.05, 0) is 25.1 Å². The maximum absolute atomic E-state index is 13.7. The van der Waals surface area contributed by atoms with Gasteiger partial charge in [0.2, 0.25) is 0 Å². The van der Waals surface area contributed by atoms with Gasteiger partial charge in [0.15, 0.2) is 0 Å². The summed E-state index contributed by atoms with van der Waals surface area (Å²) in [4.78, 5) is 14.5. The first-order chi connectivity index (χ1) is 9.15. The summed E-state index contributed by atoms with van der Waals surface area (Å²) in [6.07, 6.45) is 2.11. The third kappa shape index (κ3) is 2.60. The van der Waals surface area contributed by atoms with Crippen molar-refractivity contribution >= 4 is 22.3 Å². The molecule has 1 heterocycles. The molecule has 0 amide bonds. The summed E-state index contributed by atoms with van der Waals surface area (Å²) in [5.74, 6) is -0.206. The van der Waals surface area contributed by atoms with Gasteiger partial charge in [0.05, 0.1) is 4.92 Å². The van der Waals surface area contributed by atoms with Crippen molar-refractivity contribution in [3.63, 3.8) is 0 Å². The van der Waals surface area contributed by atoms with Gasteiger partial charge in [-0.2, -0.15) is 0 Å². The molecule has 0 atom stereocenters. The Kier molecular flexibility index (Phi) is 3.86. The van der Waals surface area contributed by atoms with Gasteiger partial charge in [0.1, 0.15) is 17.0 Å². The van der Waals surface area contributed by atoms with Crippen LogP contribution >= 0.6 is 0 Å². The van der Waals surface area contributed by atoms with Crippen LogP contribution in [0.25, 0.3) is 10.8 Å². The zero-order valence-electron chi connectivity index (χ0n) is 10.1. The fourth-order valence-electron chi connectivity index (χ4n) is 1.84. The molecule has 1 aromatic carbocycles. The van der Waals surface area contributed by atoms with Crippen LogP contribution in [0.2, 0.25) is 0 Å². The molecule has 3 N–H and O–H groups in total. The number of nitro benzene ring substituents is 1. The van der Waals surface area contributed by atoms with Gasteiger partial charge < -0.3 is 11.1 Å². The van der Waals surface area contributed by atoms with Crippen molar-refractivity contribution in [2.75, 3.05) is 18.4 Å². The van der Waals surface area contributed by atoms with E-state index in [0.29, 0.717) is 25.3 Å². The van der Waals surface area contributed by atoms with Gasteiger partial charge >= 0.3 is 0 Å². The monoisotopic (exact) mass is 264 g/mol. The largest absolute Gasteiger partial charge is 0.369 e. The van der Waals surface area contributed by atoms with Gasteiger partial charge in [-0.25, -0.2) is 9.37 Å². The number of aromatic nitrogens is 1. The first-order valence-electron chi connectivity index (χ1n) is 5.80. The lowest BCUT2D eigenvalue weighted by Crippen LogP contribution is -2.10. The molecule has 0 spiro atoms. The molecule has 100 valence electrons. The molecule has 2 rings (SSSR count). The number of halogens is 1. The highest BCUT2D eigenvalue weighted by Crippen LogP contribution is 2.32. The summed E-state index contributed by atoms with van der Waals surface area (Å²) in [5.41, 5.74) is 5.21. The number of nitrogens with one attached hydrogen (secondary N) is 1. The number of pyridine rings is 1. The predicted octanol–water partition coefficient (Wildman–Crippen LogP) is 2.04. The number of nitrogens with two attached hydrogens (primary N) is 1. The van der Waals surface area contributed by atoms with Gasteiger partial charge in [0, 0.05) is 24.2 Å². The van der Waals surface area contributed by atoms with Crippen molar-refractivity contribution in [2.24, 2.45) is 5.73 Å². The zero-order valence-corrected chi connectivity index (χ0v) is 10.1. The molecule has 0 saturated carbocycles. The van der Waals surface area contributed by atoms with E-state index in [2.05, 4.69) is 10.3 Å². The molecule has 6 nitrogen and oxygen atoms in total. The lowest BCUT2D eigenvalue weighted by Gasteiger charge is -2.08. The fourth-order valence-corrected chi connectivity index (χ4v) is 1.84. The van der Waals surface area contributed by atoms with E-state index in [9.17, 15) is 14.5 Å². The zero-order chi connectivity index (χ0) is 13.8. The minimum atomic E-state index is -0.544. The van der Waals surface area contributed by atoms with Gasteiger partial charge in [-0.3, -0.25) is 10.1 Å². The standard InChI is InChI=1S/C12H13FN4O2/c13-9-2-3-10(17(18)19)11-8(9)4-7-16-12(11)15-6-1-5-14/h2-4,7H,1,5-6,14H2,(H,15,16). The Morgan fingerprint density at radius 1 is 1.42 bits per heavy atom. The first-order valence-corrected chi connectivity index (χ1v) is 5.80. The van der Waals surface area contributed by atoms with Crippen molar-refractivity contribution < 1.29 is 9.31 Å². The molecule has 0 unspecified atom stereocenters. The fraction of sp³-hybridized carbons (Fsp3) is 0.250. The highest BCUT2D eigenvalue weighted by molar-refractivity contribution is 5.99. The van der Waals surface area contributed by atoms with E-state index in [0.717, 1.165) is 12.1 Å². The molecule has 19 heavy (non-hydrogen) atoms. The van der Waals surface area contributed by atoms with Crippen LogP contribution in [0.5, 0.6) is 0 Å². The van der Waals surface area contributed by atoms with E-state index >= 15 is 0 Å². The molecular weight excluding hydrogens is 251 g/mol. The third-order valence-electron chi connectivity index (χ3n) is 2.72. The lowest BCUT2D eigenvalue weighted by atomic mass is 10.1. The molecule has 0 saturated heterocycles. The van der Waals surface area contributed by atoms with Crippen LogP contribution < -0.4 is 11.1 Å². The highest BCUT2D eigenvalue weighted by Gasteiger charge is 2.18. The number of rotatable bonds is 5. The second kappa shape index (κ2) is 5.57. The molecule has 0 aliphatic rings. The predicted molar refractivity (Wildman–Crippen MR) is 70.5 cm³/mol. The van der Waals surface area contributed by atoms with E-state index in [4.69, 9.17) is 5.73 Å². The summed E-state index contributed by atoms with van der Waals surface area (Å²) >= 11 is 0. The SMILES string of the molecule is NCCCNc1nccc2c(F)ccc([N+](=O)[O-])c12. The maximum Gasteiger partial charge on any atom is 0.281 e. The Bertz CT molecular complexity index is 618. The first kappa shape index (κ1) is 13.2. The Hall–Kier alpha value is -2.28. The van der Waals surface area contributed by atoms with Gasteiger partial charge in [-0.15, -0.1) is 0 Å². The van der Waals surface area contributed by atoms with Crippen molar-refractivity contribution in [3.05, 3.63) is 40.3 Å². The van der Waals surface area contributed by atoms with E-state index in [1.54, 1.807) is 0 Å². The second-order valence-electron chi connectivity index (χ2n) is 3.97. The minimum absolute atomic E-state index is 0.167. The molecular formula is C12H13FN4O2. The summed E-state index contributed by atoms with van der Waals surface area (Å²) in [6.45, 7) is 1.02. The lowest BCUT2D eigenvalue weighted by molar-refractivity contribution is -0.383. The molecule has 0 bridgehead atoms. The van der Waals surface area contributed by atoms with Crippen LogP contribution in [0, 0.1) is 15.9 Å². The van der Waals surface area contributed by atoms with Crippen LogP contribution in [0.1, 0.15) is 6.42 Å². The van der Waals surface area contributed by atoms with Crippen LogP contribution in [0.4, 0.5) is 15.9 Å². The number of benzene rings is 1. The van der Waals surface area contributed by atoms with Gasteiger partial charge in [-0.1, -0.05) is 0 Å². The summed E-state index contributed by atoms with van der Waals surface area (Å²) in [7, 11) is 0. The maximum atomic E-state index is 13.7. The Morgan fingerprint density at radius 3 is 2.89 bits per heavy atom. The average Bonchev–Trinajstić information content (AvgIpc) is 2.39. The number of fused-ring (bicyclic) bond motifs is 1. The molecule has 7 heteroatoms. The number of anilines is 1. The average molecular weight is 264 g/mol. The molecule has 0 fully saturated rings. The number of nitrogens with zero attached hydrogens (tertiary/aromatic N) is 2. The van der Waals surface area contributed by atoms with Crippen LogP contribution in [-0.2, 0) is 0 Å². The Labute approximate surface area is 108 Å². The normalized spacial score (nSPS) is 10.6. The molecule has 1 aromatic heterocycles. The summed E-state index contributed by atoms with van der Waals surface area (Å²) in [5, 5.41) is 14.3. The van der Waals surface area contributed by atoms with Crippen molar-refractivity contribution in [1.29, 1.82) is 0 Å².